The minimum Gasteiger partial charge on any atom is -0.497 e. The molecule has 0 aliphatic rings. The van der Waals surface area contributed by atoms with Crippen LogP contribution in [0.3, 0.4) is 0 Å². The zero-order valence-electron chi connectivity index (χ0n) is 16.1. The van der Waals surface area contributed by atoms with Crippen LogP contribution in [-0.4, -0.2) is 20.8 Å². The SMILES string of the molecule is CCCOC(c1ccccc1)(c1ccccc1)c1ccc(OC)cc1OC. The van der Waals surface area contributed by atoms with Gasteiger partial charge in [-0.3, -0.25) is 0 Å². The fraction of sp³-hybridized carbons (Fsp3) is 0.250. The molecular formula is C24H26O3. The van der Waals surface area contributed by atoms with Gasteiger partial charge in [0.1, 0.15) is 17.1 Å². The maximum absolute atomic E-state index is 6.63. The Morgan fingerprint density at radius 2 is 1.33 bits per heavy atom. The van der Waals surface area contributed by atoms with Gasteiger partial charge >= 0.3 is 0 Å². The van der Waals surface area contributed by atoms with Crippen LogP contribution in [0.15, 0.2) is 78.9 Å². The molecule has 0 unspecified atom stereocenters. The van der Waals surface area contributed by atoms with Gasteiger partial charge in [-0.25, -0.2) is 0 Å². The van der Waals surface area contributed by atoms with Crippen LogP contribution in [0.2, 0.25) is 0 Å². The summed E-state index contributed by atoms with van der Waals surface area (Å²) in [4.78, 5) is 0. The number of rotatable bonds is 8. The minimum atomic E-state index is -0.768. The molecule has 27 heavy (non-hydrogen) atoms. The Morgan fingerprint density at radius 3 is 1.81 bits per heavy atom. The minimum absolute atomic E-state index is 0.624. The maximum atomic E-state index is 6.63. The van der Waals surface area contributed by atoms with Gasteiger partial charge in [0, 0.05) is 18.2 Å². The third-order valence-corrected chi connectivity index (χ3v) is 4.67. The van der Waals surface area contributed by atoms with Crippen LogP contribution in [-0.2, 0) is 10.3 Å². The topological polar surface area (TPSA) is 27.7 Å². The van der Waals surface area contributed by atoms with Gasteiger partial charge in [0.05, 0.1) is 14.2 Å². The highest BCUT2D eigenvalue weighted by molar-refractivity contribution is 5.54. The molecule has 0 aliphatic heterocycles. The highest BCUT2D eigenvalue weighted by atomic mass is 16.5. The maximum Gasteiger partial charge on any atom is 0.147 e. The largest absolute Gasteiger partial charge is 0.497 e. The molecule has 3 rings (SSSR count). The first-order chi connectivity index (χ1) is 13.3. The molecule has 3 nitrogen and oxygen atoms in total. The summed E-state index contributed by atoms with van der Waals surface area (Å²) >= 11 is 0. The second kappa shape index (κ2) is 8.74. The normalized spacial score (nSPS) is 11.2. The van der Waals surface area contributed by atoms with Crippen LogP contribution >= 0.6 is 0 Å². The Labute approximate surface area is 161 Å². The number of hydrogen-bond donors (Lipinski definition) is 0. The van der Waals surface area contributed by atoms with Crippen molar-refractivity contribution in [2.75, 3.05) is 20.8 Å². The van der Waals surface area contributed by atoms with E-state index in [1.54, 1.807) is 14.2 Å². The third-order valence-electron chi connectivity index (χ3n) is 4.67. The van der Waals surface area contributed by atoms with E-state index in [1.165, 1.54) is 0 Å². The monoisotopic (exact) mass is 362 g/mol. The Balaban J connectivity index is 2.33. The lowest BCUT2D eigenvalue weighted by Gasteiger charge is -2.36. The molecule has 0 aromatic heterocycles. The quantitative estimate of drug-likeness (QED) is 0.501. The molecule has 0 heterocycles. The molecule has 0 saturated carbocycles. The summed E-state index contributed by atoms with van der Waals surface area (Å²) in [5, 5.41) is 0. The molecule has 0 radical (unpaired) electrons. The van der Waals surface area contributed by atoms with Crippen LogP contribution in [0.1, 0.15) is 30.0 Å². The molecule has 3 aromatic rings. The molecule has 0 saturated heterocycles. The first kappa shape index (κ1) is 19.0. The summed E-state index contributed by atoms with van der Waals surface area (Å²) in [7, 11) is 3.34. The van der Waals surface area contributed by atoms with Gasteiger partial charge in [0.2, 0.25) is 0 Å². The van der Waals surface area contributed by atoms with E-state index in [-0.39, 0.29) is 0 Å². The molecule has 0 atom stereocenters. The summed E-state index contributed by atoms with van der Waals surface area (Å²) in [6.45, 7) is 2.74. The van der Waals surface area contributed by atoms with Crippen molar-refractivity contribution in [1.82, 2.24) is 0 Å². The van der Waals surface area contributed by atoms with Gasteiger partial charge in [0.25, 0.3) is 0 Å². The van der Waals surface area contributed by atoms with Crippen molar-refractivity contribution in [1.29, 1.82) is 0 Å². The van der Waals surface area contributed by atoms with Crippen LogP contribution in [0.5, 0.6) is 11.5 Å². The number of methoxy groups -OCH3 is 2. The van der Waals surface area contributed by atoms with E-state index in [1.807, 2.05) is 54.6 Å². The number of hydrogen-bond acceptors (Lipinski definition) is 3. The van der Waals surface area contributed by atoms with Crippen LogP contribution in [0, 0.1) is 0 Å². The van der Waals surface area contributed by atoms with Gasteiger partial charge in [0.15, 0.2) is 0 Å². The Kier molecular flexibility index (Phi) is 6.15. The lowest BCUT2D eigenvalue weighted by molar-refractivity contribution is 0.0117. The van der Waals surface area contributed by atoms with Gasteiger partial charge < -0.3 is 14.2 Å². The number of ether oxygens (including phenoxy) is 3. The molecule has 0 spiro atoms. The smallest absolute Gasteiger partial charge is 0.147 e. The van der Waals surface area contributed by atoms with Crippen molar-refractivity contribution in [3.8, 4) is 11.5 Å². The molecule has 3 heteroatoms. The molecule has 0 amide bonds. The van der Waals surface area contributed by atoms with Gasteiger partial charge in [-0.2, -0.15) is 0 Å². The van der Waals surface area contributed by atoms with Crippen LogP contribution in [0.4, 0.5) is 0 Å². The third kappa shape index (κ3) is 3.69. The Morgan fingerprint density at radius 1 is 0.741 bits per heavy atom. The first-order valence-corrected chi connectivity index (χ1v) is 9.23. The second-order valence-electron chi connectivity index (χ2n) is 6.33. The summed E-state index contributed by atoms with van der Waals surface area (Å²) in [5.41, 5.74) is 2.31. The molecule has 0 fully saturated rings. The van der Waals surface area contributed by atoms with Gasteiger partial charge in [-0.15, -0.1) is 0 Å². The van der Waals surface area contributed by atoms with Crippen molar-refractivity contribution in [3.63, 3.8) is 0 Å². The Bertz CT molecular complexity index is 805. The highest BCUT2D eigenvalue weighted by Crippen LogP contribution is 2.45. The lowest BCUT2D eigenvalue weighted by Crippen LogP contribution is -2.33. The molecule has 140 valence electrons. The summed E-state index contributed by atoms with van der Waals surface area (Å²) in [6, 6.07) is 26.5. The highest BCUT2D eigenvalue weighted by Gasteiger charge is 2.39. The summed E-state index contributed by atoms with van der Waals surface area (Å²) in [6.07, 6.45) is 0.917. The van der Waals surface area contributed by atoms with E-state index in [2.05, 4.69) is 31.2 Å². The van der Waals surface area contributed by atoms with E-state index in [4.69, 9.17) is 14.2 Å². The van der Waals surface area contributed by atoms with E-state index in [0.717, 1.165) is 34.6 Å². The predicted octanol–water partition coefficient (Wildman–Crippen LogP) is 5.42. The van der Waals surface area contributed by atoms with E-state index < -0.39 is 5.60 Å². The Hall–Kier alpha value is -2.78. The molecule has 0 N–H and O–H groups in total. The summed E-state index contributed by atoms with van der Waals surface area (Å²) < 4.78 is 17.8. The van der Waals surface area contributed by atoms with Crippen LogP contribution in [0.25, 0.3) is 0 Å². The molecule has 0 aliphatic carbocycles. The lowest BCUT2D eigenvalue weighted by atomic mass is 9.79. The second-order valence-corrected chi connectivity index (χ2v) is 6.33. The van der Waals surface area contributed by atoms with E-state index in [9.17, 15) is 0 Å². The zero-order valence-corrected chi connectivity index (χ0v) is 16.1. The van der Waals surface area contributed by atoms with E-state index in [0.29, 0.717) is 6.61 Å². The van der Waals surface area contributed by atoms with Crippen molar-refractivity contribution < 1.29 is 14.2 Å². The van der Waals surface area contributed by atoms with Gasteiger partial charge in [-0.1, -0.05) is 67.6 Å². The average Bonchev–Trinajstić information content (AvgIpc) is 2.75. The first-order valence-electron chi connectivity index (χ1n) is 9.23. The number of benzene rings is 3. The van der Waals surface area contributed by atoms with Crippen LogP contribution < -0.4 is 9.47 Å². The van der Waals surface area contributed by atoms with Gasteiger partial charge in [-0.05, 0) is 29.7 Å². The van der Waals surface area contributed by atoms with Crippen molar-refractivity contribution in [2.45, 2.75) is 18.9 Å². The summed E-state index contributed by atoms with van der Waals surface area (Å²) in [5.74, 6) is 1.49. The van der Waals surface area contributed by atoms with E-state index >= 15 is 0 Å². The average molecular weight is 362 g/mol. The fourth-order valence-electron chi connectivity index (χ4n) is 3.41. The van der Waals surface area contributed by atoms with Crippen molar-refractivity contribution in [3.05, 3.63) is 95.6 Å². The zero-order chi connectivity index (χ0) is 19.1. The molecule has 0 bridgehead atoms. The van der Waals surface area contributed by atoms with Crippen molar-refractivity contribution in [2.24, 2.45) is 0 Å². The van der Waals surface area contributed by atoms with Crippen molar-refractivity contribution >= 4 is 0 Å². The predicted molar refractivity (Wildman–Crippen MR) is 109 cm³/mol. The molecular weight excluding hydrogens is 336 g/mol. The molecule has 3 aromatic carbocycles. The fourth-order valence-corrected chi connectivity index (χ4v) is 3.41. The standard InChI is InChI=1S/C24H26O3/c1-4-17-27-24(19-11-7-5-8-12-19,20-13-9-6-10-14-20)22-16-15-21(25-2)18-23(22)26-3/h5-16,18H,4,17H2,1-3H3.